The molecule has 3 nitrogen and oxygen atoms in total. The first kappa shape index (κ1) is 8.51. The topological polar surface area (TPSA) is 48.1 Å². The van der Waals surface area contributed by atoms with Gasteiger partial charge in [-0.3, -0.25) is 4.98 Å². The highest BCUT2D eigenvalue weighted by atomic mass is 16.5. The molecule has 0 saturated carbocycles. The van der Waals surface area contributed by atoms with Crippen molar-refractivity contribution in [2.45, 2.75) is 18.8 Å². The van der Waals surface area contributed by atoms with Crippen molar-refractivity contribution in [1.29, 1.82) is 0 Å². The minimum absolute atomic E-state index is 0.442. The molecule has 13 heavy (non-hydrogen) atoms. The SMILES string of the molecule is Nc1ccnc(C2CCCOC2)c1. The minimum Gasteiger partial charge on any atom is -0.399 e. The van der Waals surface area contributed by atoms with Gasteiger partial charge in [0.1, 0.15) is 0 Å². The van der Waals surface area contributed by atoms with Crippen LogP contribution in [0.25, 0.3) is 0 Å². The third-order valence-electron chi connectivity index (χ3n) is 2.38. The highest BCUT2D eigenvalue weighted by Gasteiger charge is 2.16. The Hall–Kier alpha value is -1.09. The Labute approximate surface area is 77.9 Å². The van der Waals surface area contributed by atoms with Crippen LogP contribution in [0.1, 0.15) is 24.5 Å². The van der Waals surface area contributed by atoms with Crippen molar-refractivity contribution >= 4 is 5.69 Å². The first-order valence-corrected chi connectivity index (χ1v) is 4.65. The second kappa shape index (κ2) is 3.75. The molecular formula is C10H14N2O. The van der Waals surface area contributed by atoms with Crippen molar-refractivity contribution in [2.24, 2.45) is 0 Å². The zero-order chi connectivity index (χ0) is 9.10. The molecule has 1 aromatic heterocycles. The van der Waals surface area contributed by atoms with Crippen molar-refractivity contribution in [3.05, 3.63) is 24.0 Å². The number of hydrogen-bond acceptors (Lipinski definition) is 3. The maximum absolute atomic E-state index is 5.68. The molecule has 0 radical (unpaired) electrons. The average Bonchev–Trinajstić information content (AvgIpc) is 2.19. The van der Waals surface area contributed by atoms with Crippen molar-refractivity contribution in [1.82, 2.24) is 4.98 Å². The van der Waals surface area contributed by atoms with E-state index in [1.165, 1.54) is 0 Å². The second-order valence-corrected chi connectivity index (χ2v) is 3.43. The van der Waals surface area contributed by atoms with E-state index in [1.807, 2.05) is 12.1 Å². The zero-order valence-corrected chi connectivity index (χ0v) is 7.57. The average molecular weight is 178 g/mol. The van der Waals surface area contributed by atoms with E-state index in [0.717, 1.165) is 37.4 Å². The molecule has 0 spiro atoms. The lowest BCUT2D eigenvalue weighted by atomic mass is 9.98. The molecule has 2 N–H and O–H groups in total. The van der Waals surface area contributed by atoms with Crippen molar-refractivity contribution in [2.75, 3.05) is 18.9 Å². The number of hydrogen-bond donors (Lipinski definition) is 1. The van der Waals surface area contributed by atoms with Crippen LogP contribution in [-0.4, -0.2) is 18.2 Å². The third kappa shape index (κ3) is 1.98. The van der Waals surface area contributed by atoms with Crippen molar-refractivity contribution < 1.29 is 4.74 Å². The molecule has 0 aromatic carbocycles. The molecule has 2 rings (SSSR count). The van der Waals surface area contributed by atoms with E-state index < -0.39 is 0 Å². The number of nitrogens with zero attached hydrogens (tertiary/aromatic N) is 1. The van der Waals surface area contributed by atoms with Gasteiger partial charge in [-0.2, -0.15) is 0 Å². The van der Waals surface area contributed by atoms with Gasteiger partial charge in [-0.15, -0.1) is 0 Å². The Morgan fingerprint density at radius 2 is 2.46 bits per heavy atom. The van der Waals surface area contributed by atoms with Gasteiger partial charge in [-0.1, -0.05) is 0 Å². The summed E-state index contributed by atoms with van der Waals surface area (Å²) < 4.78 is 5.40. The van der Waals surface area contributed by atoms with Crippen LogP contribution in [-0.2, 0) is 4.74 Å². The fourth-order valence-electron chi connectivity index (χ4n) is 1.66. The van der Waals surface area contributed by atoms with Crippen LogP contribution >= 0.6 is 0 Å². The van der Waals surface area contributed by atoms with E-state index in [0.29, 0.717) is 5.92 Å². The van der Waals surface area contributed by atoms with Gasteiger partial charge in [0.2, 0.25) is 0 Å². The van der Waals surface area contributed by atoms with Crippen LogP contribution in [0, 0.1) is 0 Å². The molecule has 70 valence electrons. The van der Waals surface area contributed by atoms with Crippen LogP contribution in [0.3, 0.4) is 0 Å². The van der Waals surface area contributed by atoms with Gasteiger partial charge in [0, 0.05) is 30.1 Å². The Morgan fingerprint density at radius 1 is 1.54 bits per heavy atom. The van der Waals surface area contributed by atoms with E-state index in [1.54, 1.807) is 6.20 Å². The van der Waals surface area contributed by atoms with Gasteiger partial charge in [0.15, 0.2) is 0 Å². The van der Waals surface area contributed by atoms with Gasteiger partial charge in [0.05, 0.1) is 6.61 Å². The first-order valence-electron chi connectivity index (χ1n) is 4.65. The van der Waals surface area contributed by atoms with Gasteiger partial charge in [-0.25, -0.2) is 0 Å². The van der Waals surface area contributed by atoms with Crippen molar-refractivity contribution in [3.8, 4) is 0 Å². The quantitative estimate of drug-likeness (QED) is 0.710. The Kier molecular flexibility index (Phi) is 2.45. The van der Waals surface area contributed by atoms with E-state index in [-0.39, 0.29) is 0 Å². The van der Waals surface area contributed by atoms with Crippen LogP contribution in [0.2, 0.25) is 0 Å². The van der Waals surface area contributed by atoms with Gasteiger partial charge in [-0.05, 0) is 25.0 Å². The Balaban J connectivity index is 2.14. The maximum Gasteiger partial charge on any atom is 0.0549 e. The molecule has 1 aliphatic rings. The predicted molar refractivity (Wildman–Crippen MR) is 51.4 cm³/mol. The maximum atomic E-state index is 5.68. The second-order valence-electron chi connectivity index (χ2n) is 3.43. The number of pyridine rings is 1. The van der Waals surface area contributed by atoms with E-state index in [2.05, 4.69) is 4.98 Å². The number of aromatic nitrogens is 1. The summed E-state index contributed by atoms with van der Waals surface area (Å²) in [5.41, 5.74) is 7.54. The number of nitrogens with two attached hydrogens (primary N) is 1. The highest BCUT2D eigenvalue weighted by Crippen LogP contribution is 2.24. The first-order chi connectivity index (χ1) is 6.36. The van der Waals surface area contributed by atoms with E-state index in [4.69, 9.17) is 10.5 Å². The Bertz CT molecular complexity index is 282. The molecule has 1 fully saturated rings. The van der Waals surface area contributed by atoms with Gasteiger partial charge in [0.25, 0.3) is 0 Å². The molecule has 0 amide bonds. The molecule has 1 saturated heterocycles. The van der Waals surface area contributed by atoms with Crippen LogP contribution in [0.5, 0.6) is 0 Å². The zero-order valence-electron chi connectivity index (χ0n) is 7.57. The lowest BCUT2D eigenvalue weighted by Crippen LogP contribution is -2.16. The van der Waals surface area contributed by atoms with Gasteiger partial charge >= 0.3 is 0 Å². The highest BCUT2D eigenvalue weighted by molar-refractivity contribution is 5.38. The summed E-state index contributed by atoms with van der Waals surface area (Å²) in [6.07, 6.45) is 4.05. The largest absolute Gasteiger partial charge is 0.399 e. The molecular weight excluding hydrogens is 164 g/mol. The summed E-state index contributed by atoms with van der Waals surface area (Å²) in [5.74, 6) is 0.442. The number of ether oxygens (including phenoxy) is 1. The molecule has 1 aromatic rings. The summed E-state index contributed by atoms with van der Waals surface area (Å²) in [5, 5.41) is 0. The molecule has 1 unspecified atom stereocenters. The predicted octanol–water partition coefficient (Wildman–Crippen LogP) is 1.56. The molecule has 3 heteroatoms. The minimum atomic E-state index is 0.442. The monoisotopic (exact) mass is 178 g/mol. The number of nitrogen functional groups attached to an aromatic ring is 1. The summed E-state index contributed by atoms with van der Waals surface area (Å²) in [4.78, 5) is 4.30. The Morgan fingerprint density at radius 3 is 3.15 bits per heavy atom. The normalized spacial score (nSPS) is 22.9. The van der Waals surface area contributed by atoms with Crippen LogP contribution in [0.15, 0.2) is 18.3 Å². The number of rotatable bonds is 1. The smallest absolute Gasteiger partial charge is 0.0549 e. The fourth-order valence-corrected chi connectivity index (χ4v) is 1.66. The lowest BCUT2D eigenvalue weighted by molar-refractivity contribution is 0.0793. The molecule has 1 atom stereocenters. The molecule has 0 aliphatic carbocycles. The lowest BCUT2D eigenvalue weighted by Gasteiger charge is -2.21. The summed E-state index contributed by atoms with van der Waals surface area (Å²) in [6.45, 7) is 1.68. The number of anilines is 1. The standard InChI is InChI=1S/C10H14N2O/c11-9-3-4-12-10(6-9)8-2-1-5-13-7-8/h3-4,6,8H,1-2,5,7H2,(H2,11,12). The summed E-state index contributed by atoms with van der Waals surface area (Å²) in [7, 11) is 0. The van der Waals surface area contributed by atoms with Crippen LogP contribution < -0.4 is 5.73 Å². The van der Waals surface area contributed by atoms with E-state index in [9.17, 15) is 0 Å². The summed E-state index contributed by atoms with van der Waals surface area (Å²) in [6, 6.07) is 3.76. The summed E-state index contributed by atoms with van der Waals surface area (Å²) >= 11 is 0. The molecule has 1 aliphatic heterocycles. The molecule has 2 heterocycles. The van der Waals surface area contributed by atoms with E-state index >= 15 is 0 Å². The van der Waals surface area contributed by atoms with Gasteiger partial charge < -0.3 is 10.5 Å². The molecule has 0 bridgehead atoms. The van der Waals surface area contributed by atoms with Crippen molar-refractivity contribution in [3.63, 3.8) is 0 Å². The van der Waals surface area contributed by atoms with Crippen LogP contribution in [0.4, 0.5) is 5.69 Å². The fraction of sp³-hybridized carbons (Fsp3) is 0.500. The third-order valence-corrected chi connectivity index (χ3v) is 2.38.